The summed E-state index contributed by atoms with van der Waals surface area (Å²) in [6.07, 6.45) is 1.94. The van der Waals surface area contributed by atoms with Crippen molar-refractivity contribution in [1.29, 1.82) is 0 Å². The SMILES string of the molecule is CN(C)CCCc1ccc(N=C(c2ccc(CC(=O)O)cc2)c2c(O)[nH]c3cc(F)ccc23)cc1. The molecule has 0 bridgehead atoms. The minimum atomic E-state index is -0.909. The standard InChI is InChI=1S/C28H28FN3O3/c1-32(2)15-3-4-18-7-12-22(13-8-18)30-27(20-9-5-19(6-10-20)16-25(33)34)26-23-14-11-21(29)17-24(23)31-28(26)35/h5-14,17,31,35H,3-4,15-16H2,1-2H3,(H,33,34). The van der Waals surface area contributed by atoms with Gasteiger partial charge in [0.2, 0.25) is 0 Å². The molecule has 4 rings (SSSR count). The number of aliphatic imine (C=N–C) groups is 1. The molecule has 0 amide bonds. The van der Waals surface area contributed by atoms with Crippen LogP contribution in [0.3, 0.4) is 0 Å². The summed E-state index contributed by atoms with van der Waals surface area (Å²) in [5.41, 5.74) is 4.72. The second-order valence-electron chi connectivity index (χ2n) is 8.84. The third-order valence-corrected chi connectivity index (χ3v) is 5.81. The lowest BCUT2D eigenvalue weighted by Crippen LogP contribution is -2.13. The number of aromatic hydroxyl groups is 1. The lowest BCUT2D eigenvalue weighted by molar-refractivity contribution is -0.136. The molecule has 0 atom stereocenters. The number of carboxylic acid groups (broad SMARTS) is 1. The summed E-state index contributed by atoms with van der Waals surface area (Å²) >= 11 is 0. The summed E-state index contributed by atoms with van der Waals surface area (Å²) in [5, 5.41) is 20.5. The Bertz CT molecular complexity index is 1360. The average Bonchev–Trinajstić information content (AvgIpc) is 3.13. The van der Waals surface area contributed by atoms with Gasteiger partial charge < -0.3 is 20.1 Å². The van der Waals surface area contributed by atoms with Crippen molar-refractivity contribution < 1.29 is 19.4 Å². The third-order valence-electron chi connectivity index (χ3n) is 5.81. The van der Waals surface area contributed by atoms with Crippen LogP contribution in [0.2, 0.25) is 0 Å². The van der Waals surface area contributed by atoms with Gasteiger partial charge in [-0.2, -0.15) is 0 Å². The number of hydrogen-bond acceptors (Lipinski definition) is 4. The van der Waals surface area contributed by atoms with Crippen molar-refractivity contribution in [2.24, 2.45) is 4.99 Å². The van der Waals surface area contributed by atoms with Gasteiger partial charge in [-0.3, -0.25) is 4.79 Å². The maximum absolute atomic E-state index is 13.8. The van der Waals surface area contributed by atoms with Gasteiger partial charge in [-0.05, 0) is 74.9 Å². The predicted octanol–water partition coefficient (Wildman–Crippen LogP) is 5.30. The van der Waals surface area contributed by atoms with Crippen LogP contribution in [-0.4, -0.2) is 52.4 Å². The molecule has 180 valence electrons. The van der Waals surface area contributed by atoms with Crippen LogP contribution < -0.4 is 0 Å². The molecule has 0 aliphatic rings. The van der Waals surface area contributed by atoms with Crippen molar-refractivity contribution in [1.82, 2.24) is 9.88 Å². The highest BCUT2D eigenvalue weighted by molar-refractivity contribution is 6.21. The van der Waals surface area contributed by atoms with E-state index in [1.807, 2.05) is 24.3 Å². The van der Waals surface area contributed by atoms with E-state index in [9.17, 15) is 14.3 Å². The number of fused-ring (bicyclic) bond motifs is 1. The molecule has 1 heterocycles. The number of aliphatic carboxylic acids is 1. The van der Waals surface area contributed by atoms with Gasteiger partial charge in [0.1, 0.15) is 5.82 Å². The van der Waals surface area contributed by atoms with Gasteiger partial charge in [0, 0.05) is 10.9 Å². The largest absolute Gasteiger partial charge is 0.494 e. The van der Waals surface area contributed by atoms with Crippen molar-refractivity contribution in [2.75, 3.05) is 20.6 Å². The molecule has 0 saturated heterocycles. The first kappa shape index (κ1) is 24.2. The quantitative estimate of drug-likeness (QED) is 0.288. The maximum Gasteiger partial charge on any atom is 0.307 e. The normalized spacial score (nSPS) is 11.9. The van der Waals surface area contributed by atoms with Crippen molar-refractivity contribution in [2.45, 2.75) is 19.3 Å². The number of aromatic nitrogens is 1. The molecule has 0 aliphatic carbocycles. The zero-order valence-electron chi connectivity index (χ0n) is 19.8. The van der Waals surface area contributed by atoms with Gasteiger partial charge in [-0.25, -0.2) is 9.38 Å². The summed E-state index contributed by atoms with van der Waals surface area (Å²) in [7, 11) is 4.12. The lowest BCUT2D eigenvalue weighted by Gasteiger charge is -2.10. The Balaban J connectivity index is 1.75. The number of nitrogens with one attached hydrogen (secondary N) is 1. The minimum Gasteiger partial charge on any atom is -0.494 e. The first-order valence-electron chi connectivity index (χ1n) is 11.4. The fourth-order valence-corrected chi connectivity index (χ4v) is 4.08. The van der Waals surface area contributed by atoms with E-state index in [-0.39, 0.29) is 12.3 Å². The molecular weight excluding hydrogens is 445 g/mol. The molecule has 0 unspecified atom stereocenters. The van der Waals surface area contributed by atoms with Crippen LogP contribution in [0.1, 0.15) is 28.7 Å². The summed E-state index contributed by atoms with van der Waals surface area (Å²) in [6.45, 7) is 1.02. The van der Waals surface area contributed by atoms with Crippen molar-refractivity contribution >= 4 is 28.3 Å². The number of H-pyrrole nitrogens is 1. The van der Waals surface area contributed by atoms with Crippen LogP contribution in [0.15, 0.2) is 71.7 Å². The van der Waals surface area contributed by atoms with E-state index in [2.05, 4.69) is 24.0 Å². The highest BCUT2D eigenvalue weighted by atomic mass is 19.1. The van der Waals surface area contributed by atoms with Crippen LogP contribution in [-0.2, 0) is 17.6 Å². The molecule has 4 aromatic rings. The Morgan fingerprint density at radius 2 is 1.69 bits per heavy atom. The molecular formula is C28H28FN3O3. The number of nitrogens with zero attached hydrogens (tertiary/aromatic N) is 2. The van der Waals surface area contributed by atoms with Crippen LogP contribution in [0, 0.1) is 5.82 Å². The fraction of sp³-hybridized carbons (Fsp3) is 0.214. The highest BCUT2D eigenvalue weighted by Crippen LogP contribution is 2.32. The Labute approximate surface area is 203 Å². The summed E-state index contributed by atoms with van der Waals surface area (Å²) in [5.74, 6) is -1.43. The Hall–Kier alpha value is -3.97. The smallest absolute Gasteiger partial charge is 0.307 e. The molecule has 0 saturated carbocycles. The average molecular weight is 474 g/mol. The van der Waals surface area contributed by atoms with Gasteiger partial charge in [-0.15, -0.1) is 0 Å². The molecule has 3 aromatic carbocycles. The maximum atomic E-state index is 13.8. The molecule has 0 spiro atoms. The second-order valence-corrected chi connectivity index (χ2v) is 8.84. The van der Waals surface area contributed by atoms with Crippen LogP contribution in [0.25, 0.3) is 10.9 Å². The molecule has 3 N–H and O–H groups in total. The number of carboxylic acids is 1. The monoisotopic (exact) mass is 473 g/mol. The zero-order chi connectivity index (χ0) is 24.9. The number of benzene rings is 3. The van der Waals surface area contributed by atoms with Crippen molar-refractivity contribution in [3.63, 3.8) is 0 Å². The summed E-state index contributed by atoms with van der Waals surface area (Å²) < 4.78 is 13.8. The van der Waals surface area contributed by atoms with Crippen LogP contribution in [0.5, 0.6) is 5.88 Å². The Morgan fingerprint density at radius 1 is 1.00 bits per heavy atom. The molecule has 0 radical (unpaired) electrons. The number of carbonyl (C=O) groups is 1. The molecule has 0 fully saturated rings. The van der Waals surface area contributed by atoms with Crippen LogP contribution >= 0.6 is 0 Å². The predicted molar refractivity (Wildman–Crippen MR) is 136 cm³/mol. The third kappa shape index (κ3) is 5.94. The summed E-state index contributed by atoms with van der Waals surface area (Å²) in [4.78, 5) is 20.9. The van der Waals surface area contributed by atoms with Crippen LogP contribution in [0.4, 0.5) is 10.1 Å². The molecule has 35 heavy (non-hydrogen) atoms. The Morgan fingerprint density at radius 3 is 2.34 bits per heavy atom. The molecule has 1 aromatic heterocycles. The second kappa shape index (κ2) is 10.5. The zero-order valence-corrected chi connectivity index (χ0v) is 19.8. The number of halogens is 1. The van der Waals surface area contributed by atoms with Gasteiger partial charge >= 0.3 is 5.97 Å². The van der Waals surface area contributed by atoms with Gasteiger partial charge in [-0.1, -0.05) is 36.4 Å². The van der Waals surface area contributed by atoms with E-state index in [0.29, 0.717) is 39.0 Å². The first-order valence-corrected chi connectivity index (χ1v) is 11.4. The topological polar surface area (TPSA) is 88.9 Å². The first-order chi connectivity index (χ1) is 16.8. The van der Waals surface area contributed by atoms with E-state index in [4.69, 9.17) is 10.1 Å². The van der Waals surface area contributed by atoms with E-state index in [0.717, 1.165) is 19.4 Å². The minimum absolute atomic E-state index is 0.0837. The van der Waals surface area contributed by atoms with Crippen molar-refractivity contribution in [3.8, 4) is 5.88 Å². The fourth-order valence-electron chi connectivity index (χ4n) is 4.08. The molecule has 7 heteroatoms. The number of aromatic amines is 1. The number of rotatable bonds is 9. The van der Waals surface area contributed by atoms with E-state index in [1.54, 1.807) is 30.3 Å². The lowest BCUT2D eigenvalue weighted by atomic mass is 9.99. The number of hydrogen-bond donors (Lipinski definition) is 3. The van der Waals surface area contributed by atoms with E-state index < -0.39 is 11.8 Å². The van der Waals surface area contributed by atoms with Gasteiger partial charge in [0.05, 0.1) is 28.9 Å². The molecule has 0 aliphatic heterocycles. The van der Waals surface area contributed by atoms with E-state index in [1.165, 1.54) is 17.7 Å². The van der Waals surface area contributed by atoms with Gasteiger partial charge in [0.25, 0.3) is 0 Å². The van der Waals surface area contributed by atoms with E-state index >= 15 is 0 Å². The number of aryl methyl sites for hydroxylation is 1. The van der Waals surface area contributed by atoms with Crippen molar-refractivity contribution in [3.05, 3.63) is 94.8 Å². The van der Waals surface area contributed by atoms with Gasteiger partial charge in [0.15, 0.2) is 5.88 Å². The highest BCUT2D eigenvalue weighted by Gasteiger charge is 2.19. The Kier molecular flexibility index (Phi) is 7.27. The summed E-state index contributed by atoms with van der Waals surface area (Å²) in [6, 6.07) is 19.3. The molecule has 6 nitrogen and oxygen atoms in total.